The van der Waals surface area contributed by atoms with Crippen molar-refractivity contribution in [2.75, 3.05) is 19.1 Å². The van der Waals surface area contributed by atoms with Crippen LogP contribution in [0.5, 0.6) is 0 Å². The van der Waals surface area contributed by atoms with Gasteiger partial charge in [0.1, 0.15) is 0 Å². The lowest BCUT2D eigenvalue weighted by Gasteiger charge is -2.15. The Hall–Kier alpha value is -2.40. The fraction of sp³-hybridized carbons (Fsp3) is 0.133. The Kier molecular flexibility index (Phi) is 3.35. The first kappa shape index (κ1) is 13.6. The summed E-state index contributed by atoms with van der Waals surface area (Å²) in [6.07, 6.45) is 4.13. The average Bonchev–Trinajstić information content (AvgIpc) is 2.87. The van der Waals surface area contributed by atoms with Gasteiger partial charge in [0.25, 0.3) is 0 Å². The third kappa shape index (κ3) is 2.25. The number of para-hydroxylation sites is 1. The van der Waals surface area contributed by atoms with Crippen LogP contribution in [0, 0.1) is 0 Å². The highest BCUT2D eigenvalue weighted by Gasteiger charge is 2.16. The minimum Gasteiger partial charge on any atom is -0.319 e. The highest BCUT2D eigenvalue weighted by Crippen LogP contribution is 2.31. The van der Waals surface area contributed by atoms with Crippen LogP contribution in [-0.2, 0) is 0 Å². The van der Waals surface area contributed by atoms with Gasteiger partial charge < -0.3 is 5.01 Å². The lowest BCUT2D eigenvalue weighted by molar-refractivity contribution is 0.112. The van der Waals surface area contributed by atoms with Gasteiger partial charge >= 0.3 is 0 Å². The summed E-state index contributed by atoms with van der Waals surface area (Å²) in [5, 5.41) is 3.08. The van der Waals surface area contributed by atoms with E-state index in [0.717, 1.165) is 22.8 Å². The molecule has 0 bridgehead atoms. The van der Waals surface area contributed by atoms with E-state index >= 15 is 0 Å². The van der Waals surface area contributed by atoms with Crippen molar-refractivity contribution in [1.29, 1.82) is 0 Å². The Labute approximate surface area is 126 Å². The lowest BCUT2D eigenvalue weighted by atomic mass is 10.1. The molecule has 6 heteroatoms. The van der Waals surface area contributed by atoms with Gasteiger partial charge in [-0.3, -0.25) is 9.47 Å². The fourth-order valence-corrected chi connectivity index (χ4v) is 2.49. The van der Waals surface area contributed by atoms with Crippen molar-refractivity contribution in [3.63, 3.8) is 0 Å². The highest BCUT2D eigenvalue weighted by atomic mass is 35.5. The molecule has 0 fully saturated rings. The second-order valence-corrected chi connectivity index (χ2v) is 5.15. The van der Waals surface area contributed by atoms with Gasteiger partial charge in [-0.2, -0.15) is 0 Å². The van der Waals surface area contributed by atoms with Crippen molar-refractivity contribution in [2.45, 2.75) is 0 Å². The molecular formula is C15H13ClN4O. The Morgan fingerprint density at radius 3 is 2.76 bits per heavy atom. The predicted molar refractivity (Wildman–Crippen MR) is 83.4 cm³/mol. The molecule has 1 aromatic carbocycles. The topological polar surface area (TPSA) is 51.0 Å². The number of nitrogens with zero attached hydrogens (tertiary/aromatic N) is 4. The van der Waals surface area contributed by atoms with E-state index in [1.165, 1.54) is 6.20 Å². The maximum atomic E-state index is 11.2. The molecule has 0 saturated heterocycles. The summed E-state index contributed by atoms with van der Waals surface area (Å²) >= 11 is 5.89. The van der Waals surface area contributed by atoms with Crippen molar-refractivity contribution in [3.8, 4) is 11.3 Å². The molecular weight excluding hydrogens is 288 g/mol. The van der Waals surface area contributed by atoms with E-state index in [1.54, 1.807) is 0 Å². The van der Waals surface area contributed by atoms with E-state index in [4.69, 9.17) is 11.6 Å². The summed E-state index contributed by atoms with van der Waals surface area (Å²) < 4.78 is 2.00. The molecule has 0 N–H and O–H groups in total. The number of carbonyl (C=O) groups is 1. The molecule has 3 aromatic rings. The normalized spacial score (nSPS) is 10.8. The van der Waals surface area contributed by atoms with E-state index in [-0.39, 0.29) is 5.28 Å². The molecule has 0 aliphatic rings. The molecule has 2 aromatic heterocycles. The van der Waals surface area contributed by atoms with E-state index < -0.39 is 0 Å². The van der Waals surface area contributed by atoms with Crippen LogP contribution in [0.1, 0.15) is 10.4 Å². The minimum atomic E-state index is 0.122. The van der Waals surface area contributed by atoms with E-state index in [1.807, 2.05) is 54.2 Å². The van der Waals surface area contributed by atoms with Crippen LogP contribution in [0.2, 0.25) is 5.28 Å². The molecule has 0 aliphatic carbocycles. The van der Waals surface area contributed by atoms with E-state index in [2.05, 4.69) is 9.97 Å². The number of aromatic nitrogens is 3. The molecule has 3 rings (SSSR count). The molecule has 0 spiro atoms. The molecule has 0 radical (unpaired) electrons. The summed E-state index contributed by atoms with van der Waals surface area (Å²) in [6, 6.07) is 7.94. The molecule has 0 unspecified atom stereocenters. The largest absolute Gasteiger partial charge is 0.319 e. The molecule has 21 heavy (non-hydrogen) atoms. The molecule has 0 aliphatic heterocycles. The van der Waals surface area contributed by atoms with Crippen molar-refractivity contribution >= 4 is 28.8 Å². The third-order valence-corrected chi connectivity index (χ3v) is 3.48. The number of hydrogen-bond acceptors (Lipinski definition) is 4. The monoisotopic (exact) mass is 300 g/mol. The van der Waals surface area contributed by atoms with Crippen LogP contribution < -0.4 is 5.01 Å². The second-order valence-electron chi connectivity index (χ2n) is 4.81. The van der Waals surface area contributed by atoms with Crippen LogP contribution in [0.15, 0.2) is 36.7 Å². The number of hydrogen-bond donors (Lipinski definition) is 0. The van der Waals surface area contributed by atoms with Crippen molar-refractivity contribution in [3.05, 3.63) is 47.5 Å². The Bertz CT molecular complexity index is 826. The van der Waals surface area contributed by atoms with Crippen LogP contribution in [0.3, 0.4) is 0 Å². The van der Waals surface area contributed by atoms with Gasteiger partial charge in [-0.15, -0.1) is 0 Å². The first-order valence-electron chi connectivity index (χ1n) is 6.37. The zero-order valence-electron chi connectivity index (χ0n) is 11.6. The highest BCUT2D eigenvalue weighted by molar-refractivity contribution is 6.28. The standard InChI is InChI=1S/C15H13ClN4O/c1-19(2)20-8-12(11-5-3-4-6-13(11)20)14-10(9-21)7-17-15(16)18-14/h3-9H,1-2H3. The molecule has 2 heterocycles. The van der Waals surface area contributed by atoms with Crippen molar-refractivity contribution in [1.82, 2.24) is 14.6 Å². The number of rotatable bonds is 3. The zero-order chi connectivity index (χ0) is 15.0. The summed E-state index contributed by atoms with van der Waals surface area (Å²) in [5.74, 6) is 0. The SMILES string of the molecule is CN(C)n1cc(-c2nc(Cl)ncc2C=O)c2ccccc21. The predicted octanol–water partition coefficient (Wildman–Crippen LogP) is 2.76. The van der Waals surface area contributed by atoms with Gasteiger partial charge in [0.2, 0.25) is 5.28 Å². The van der Waals surface area contributed by atoms with Crippen LogP contribution in [0.25, 0.3) is 22.2 Å². The van der Waals surface area contributed by atoms with Gasteiger partial charge in [-0.05, 0) is 17.7 Å². The first-order chi connectivity index (χ1) is 10.1. The number of fused-ring (bicyclic) bond motifs is 1. The molecule has 106 valence electrons. The molecule has 0 atom stereocenters. The number of benzene rings is 1. The van der Waals surface area contributed by atoms with E-state index in [9.17, 15) is 4.79 Å². The number of carbonyl (C=O) groups excluding carboxylic acids is 1. The maximum Gasteiger partial charge on any atom is 0.222 e. The Morgan fingerprint density at radius 2 is 2.05 bits per heavy atom. The molecule has 5 nitrogen and oxygen atoms in total. The van der Waals surface area contributed by atoms with Crippen molar-refractivity contribution in [2.24, 2.45) is 0 Å². The van der Waals surface area contributed by atoms with Crippen LogP contribution in [-0.4, -0.2) is 35.0 Å². The maximum absolute atomic E-state index is 11.2. The summed E-state index contributed by atoms with van der Waals surface area (Å²) in [5.41, 5.74) is 2.85. The van der Waals surface area contributed by atoms with E-state index in [0.29, 0.717) is 11.3 Å². The fourth-order valence-electron chi connectivity index (χ4n) is 2.35. The van der Waals surface area contributed by atoms with Gasteiger partial charge in [0, 0.05) is 37.4 Å². The quantitative estimate of drug-likeness (QED) is 0.551. The third-order valence-electron chi connectivity index (χ3n) is 3.29. The van der Waals surface area contributed by atoms with Crippen LogP contribution in [0.4, 0.5) is 0 Å². The number of halogens is 1. The molecule has 0 amide bonds. The Balaban J connectivity index is 2.36. The van der Waals surface area contributed by atoms with Gasteiger partial charge in [0.05, 0.1) is 16.8 Å². The van der Waals surface area contributed by atoms with Gasteiger partial charge in [-0.25, -0.2) is 9.97 Å². The second kappa shape index (κ2) is 5.18. The Morgan fingerprint density at radius 1 is 1.29 bits per heavy atom. The van der Waals surface area contributed by atoms with Crippen LogP contribution >= 0.6 is 11.6 Å². The number of aldehydes is 1. The summed E-state index contributed by atoms with van der Waals surface area (Å²) in [6.45, 7) is 0. The smallest absolute Gasteiger partial charge is 0.222 e. The lowest BCUT2D eigenvalue weighted by Crippen LogP contribution is -2.23. The summed E-state index contributed by atoms with van der Waals surface area (Å²) in [4.78, 5) is 19.3. The molecule has 0 saturated carbocycles. The first-order valence-corrected chi connectivity index (χ1v) is 6.75. The van der Waals surface area contributed by atoms with Crippen molar-refractivity contribution < 1.29 is 4.79 Å². The summed E-state index contributed by atoms with van der Waals surface area (Å²) in [7, 11) is 3.90. The average molecular weight is 301 g/mol. The zero-order valence-corrected chi connectivity index (χ0v) is 12.4. The van der Waals surface area contributed by atoms with Gasteiger partial charge in [0.15, 0.2) is 6.29 Å². The van der Waals surface area contributed by atoms with Gasteiger partial charge in [-0.1, -0.05) is 18.2 Å². The minimum absolute atomic E-state index is 0.122.